The molecule has 2 aromatic heterocycles. The lowest BCUT2D eigenvalue weighted by Crippen LogP contribution is -2.04. The number of aromatic nitrogens is 2. The van der Waals surface area contributed by atoms with E-state index in [4.69, 9.17) is 0 Å². The fraction of sp³-hybridized carbons (Fsp3) is 0. The van der Waals surface area contributed by atoms with Gasteiger partial charge < -0.3 is 5.11 Å². The van der Waals surface area contributed by atoms with Crippen molar-refractivity contribution in [2.24, 2.45) is 0 Å². The van der Waals surface area contributed by atoms with E-state index >= 15 is 0 Å². The van der Waals surface area contributed by atoms with Crippen LogP contribution in [0.2, 0.25) is 0 Å². The van der Waals surface area contributed by atoms with E-state index < -0.39 is 11.0 Å². The van der Waals surface area contributed by atoms with Gasteiger partial charge in [0.15, 0.2) is 16.6 Å². The van der Waals surface area contributed by atoms with Crippen LogP contribution in [0.5, 0.6) is 5.88 Å². The molecule has 4 nitrogen and oxygen atoms in total. The summed E-state index contributed by atoms with van der Waals surface area (Å²) in [5, 5.41) is 10.7. The number of nitrogens with zero attached hydrogens (tertiary/aromatic N) is 2. The summed E-state index contributed by atoms with van der Waals surface area (Å²) in [4.78, 5) is 4.78. The molecule has 90 valence electrons. The van der Waals surface area contributed by atoms with Crippen LogP contribution in [0.15, 0.2) is 59.6 Å². The van der Waals surface area contributed by atoms with Crippen molar-refractivity contribution in [3.05, 3.63) is 54.7 Å². The van der Waals surface area contributed by atoms with Gasteiger partial charge in [-0.25, -0.2) is 13.2 Å². The second-order valence-electron chi connectivity index (χ2n) is 3.78. The van der Waals surface area contributed by atoms with Crippen LogP contribution in [0.3, 0.4) is 0 Å². The van der Waals surface area contributed by atoms with E-state index in [0.29, 0.717) is 10.5 Å². The normalized spacial score (nSPS) is 12.7. The molecule has 0 radical (unpaired) electrons. The van der Waals surface area contributed by atoms with E-state index in [1.54, 1.807) is 30.5 Å². The number of fused-ring (bicyclic) bond motifs is 1. The predicted molar refractivity (Wildman–Crippen MR) is 69.6 cm³/mol. The summed E-state index contributed by atoms with van der Waals surface area (Å²) in [6.45, 7) is 0. The highest BCUT2D eigenvalue weighted by atomic mass is 32.2. The first-order chi connectivity index (χ1) is 8.77. The summed E-state index contributed by atoms with van der Waals surface area (Å²) in [6, 6.07) is 14.1. The van der Waals surface area contributed by atoms with Crippen molar-refractivity contribution in [3.63, 3.8) is 0 Å². The Bertz CT molecular complexity index is 722. The SMILES string of the molecule is O=S(c1ccccc1)n1c(O)cc2cccnc21. The summed E-state index contributed by atoms with van der Waals surface area (Å²) in [5.74, 6) is -0.0501. The Morgan fingerprint density at radius 2 is 1.89 bits per heavy atom. The van der Waals surface area contributed by atoms with Gasteiger partial charge in [0.1, 0.15) is 0 Å². The van der Waals surface area contributed by atoms with Gasteiger partial charge in [0, 0.05) is 17.6 Å². The van der Waals surface area contributed by atoms with Crippen LogP contribution in [0.4, 0.5) is 0 Å². The summed E-state index contributed by atoms with van der Waals surface area (Å²) in [6.07, 6.45) is 1.61. The van der Waals surface area contributed by atoms with Gasteiger partial charge >= 0.3 is 0 Å². The lowest BCUT2D eigenvalue weighted by Gasteiger charge is -2.05. The molecule has 1 unspecified atom stereocenters. The molecule has 18 heavy (non-hydrogen) atoms. The summed E-state index contributed by atoms with van der Waals surface area (Å²) in [5.41, 5.74) is 0.511. The molecule has 0 fully saturated rings. The zero-order valence-electron chi connectivity index (χ0n) is 9.35. The molecule has 0 aliphatic carbocycles. The smallest absolute Gasteiger partial charge is 0.205 e. The monoisotopic (exact) mass is 258 g/mol. The highest BCUT2D eigenvalue weighted by molar-refractivity contribution is 7.83. The van der Waals surface area contributed by atoms with Gasteiger partial charge in [-0.05, 0) is 24.3 Å². The van der Waals surface area contributed by atoms with Crippen molar-refractivity contribution in [2.75, 3.05) is 0 Å². The summed E-state index contributed by atoms with van der Waals surface area (Å²) in [7, 11) is -1.50. The molecule has 5 heteroatoms. The molecule has 3 aromatic rings. The van der Waals surface area contributed by atoms with Crippen LogP contribution in [0.25, 0.3) is 11.0 Å². The number of aromatic hydroxyl groups is 1. The Morgan fingerprint density at radius 3 is 2.67 bits per heavy atom. The maximum atomic E-state index is 12.4. The second kappa shape index (κ2) is 4.27. The first-order valence-corrected chi connectivity index (χ1v) is 6.51. The van der Waals surface area contributed by atoms with Gasteiger partial charge in [-0.15, -0.1) is 0 Å². The number of hydrogen-bond donors (Lipinski definition) is 1. The van der Waals surface area contributed by atoms with Crippen molar-refractivity contribution in [2.45, 2.75) is 4.90 Å². The summed E-state index contributed by atoms with van der Waals surface area (Å²) >= 11 is 0. The van der Waals surface area contributed by atoms with Crippen molar-refractivity contribution >= 4 is 22.0 Å². The molecule has 0 saturated heterocycles. The van der Waals surface area contributed by atoms with E-state index in [2.05, 4.69) is 4.98 Å². The van der Waals surface area contributed by atoms with Crippen molar-refractivity contribution in [1.29, 1.82) is 0 Å². The topological polar surface area (TPSA) is 55.1 Å². The third-order valence-corrected chi connectivity index (χ3v) is 3.98. The maximum absolute atomic E-state index is 12.4. The third kappa shape index (κ3) is 1.69. The molecule has 2 heterocycles. The molecule has 0 aliphatic heterocycles. The van der Waals surface area contributed by atoms with Crippen LogP contribution in [0, 0.1) is 0 Å². The first-order valence-electron chi connectivity index (χ1n) is 5.40. The Hall–Kier alpha value is -2.14. The van der Waals surface area contributed by atoms with E-state index in [1.165, 1.54) is 3.97 Å². The fourth-order valence-electron chi connectivity index (χ4n) is 1.80. The van der Waals surface area contributed by atoms with Crippen molar-refractivity contribution in [3.8, 4) is 5.88 Å². The molecule has 3 rings (SSSR count). The first kappa shape index (κ1) is 11.0. The predicted octanol–water partition coefficient (Wildman–Crippen LogP) is 2.31. The lowest BCUT2D eigenvalue weighted by molar-refractivity contribution is 0.451. The Labute approximate surface area is 106 Å². The van der Waals surface area contributed by atoms with Gasteiger partial charge in [0.2, 0.25) is 5.88 Å². The lowest BCUT2D eigenvalue weighted by atomic mass is 10.3. The van der Waals surface area contributed by atoms with E-state index in [1.807, 2.05) is 24.3 Å². The molecule has 1 atom stereocenters. The Morgan fingerprint density at radius 1 is 1.11 bits per heavy atom. The van der Waals surface area contributed by atoms with Gasteiger partial charge in [0.25, 0.3) is 0 Å². The van der Waals surface area contributed by atoms with Crippen LogP contribution in [0.1, 0.15) is 0 Å². The molecule has 1 aromatic carbocycles. The van der Waals surface area contributed by atoms with E-state index in [-0.39, 0.29) is 5.88 Å². The molecular formula is C13H10N2O2S. The minimum Gasteiger partial charge on any atom is -0.494 e. The van der Waals surface area contributed by atoms with Crippen molar-refractivity contribution in [1.82, 2.24) is 8.96 Å². The largest absolute Gasteiger partial charge is 0.494 e. The molecule has 0 aliphatic rings. The number of hydrogen-bond acceptors (Lipinski definition) is 3. The third-order valence-electron chi connectivity index (χ3n) is 2.61. The van der Waals surface area contributed by atoms with E-state index in [0.717, 1.165) is 5.39 Å². The minimum atomic E-state index is -1.50. The van der Waals surface area contributed by atoms with Crippen LogP contribution in [-0.2, 0) is 11.0 Å². The zero-order chi connectivity index (χ0) is 12.5. The highest BCUT2D eigenvalue weighted by Crippen LogP contribution is 2.25. The average molecular weight is 258 g/mol. The highest BCUT2D eigenvalue weighted by Gasteiger charge is 2.15. The van der Waals surface area contributed by atoms with Gasteiger partial charge in [0.05, 0.1) is 4.90 Å². The van der Waals surface area contributed by atoms with Gasteiger partial charge in [-0.1, -0.05) is 18.2 Å². The number of rotatable bonds is 2. The number of benzene rings is 1. The molecule has 1 N–H and O–H groups in total. The van der Waals surface area contributed by atoms with Crippen LogP contribution in [-0.4, -0.2) is 18.3 Å². The van der Waals surface area contributed by atoms with E-state index in [9.17, 15) is 9.32 Å². The van der Waals surface area contributed by atoms with Crippen LogP contribution < -0.4 is 0 Å². The molecule has 0 spiro atoms. The van der Waals surface area contributed by atoms with Crippen molar-refractivity contribution < 1.29 is 9.32 Å². The van der Waals surface area contributed by atoms with Crippen LogP contribution >= 0.6 is 0 Å². The number of pyridine rings is 1. The Kier molecular flexibility index (Phi) is 2.60. The zero-order valence-corrected chi connectivity index (χ0v) is 10.2. The average Bonchev–Trinajstić information content (AvgIpc) is 2.75. The molecule has 0 amide bonds. The fourth-order valence-corrected chi connectivity index (χ4v) is 2.94. The van der Waals surface area contributed by atoms with Gasteiger partial charge in [-0.3, -0.25) is 0 Å². The molecule has 0 bridgehead atoms. The Balaban J connectivity index is 2.21. The molecular weight excluding hydrogens is 248 g/mol. The quantitative estimate of drug-likeness (QED) is 0.767. The molecule has 0 saturated carbocycles. The maximum Gasteiger partial charge on any atom is 0.205 e. The standard InChI is InChI=1S/C13H10N2O2S/c16-12-9-10-5-4-8-14-13(10)15(12)18(17)11-6-2-1-3-7-11/h1-9,16H. The summed E-state index contributed by atoms with van der Waals surface area (Å²) < 4.78 is 13.7. The van der Waals surface area contributed by atoms with Gasteiger partial charge in [-0.2, -0.15) is 0 Å². The second-order valence-corrected chi connectivity index (χ2v) is 5.11. The minimum absolute atomic E-state index is 0.0501.